The Kier molecular flexibility index (Phi) is 4.85. The van der Waals surface area contributed by atoms with Crippen molar-refractivity contribution >= 4 is 5.91 Å². The lowest BCUT2D eigenvalue weighted by Gasteiger charge is -2.22. The van der Waals surface area contributed by atoms with E-state index in [1.54, 1.807) is 7.11 Å². The molecule has 3 rings (SSSR count). The predicted molar refractivity (Wildman–Crippen MR) is 89.5 cm³/mol. The maximum absolute atomic E-state index is 12.8. The lowest BCUT2D eigenvalue weighted by Crippen LogP contribution is -2.33. The second-order valence-corrected chi connectivity index (χ2v) is 6.71. The van der Waals surface area contributed by atoms with Gasteiger partial charge in [0.25, 0.3) is 5.91 Å². The zero-order valence-electron chi connectivity index (χ0n) is 14.4. The molecule has 5 heteroatoms. The van der Waals surface area contributed by atoms with Crippen molar-refractivity contribution in [2.75, 3.05) is 7.11 Å². The zero-order chi connectivity index (χ0) is 16.4. The van der Waals surface area contributed by atoms with Crippen LogP contribution in [0.25, 0.3) is 0 Å². The van der Waals surface area contributed by atoms with E-state index in [9.17, 15) is 4.79 Å². The molecule has 1 saturated carbocycles. The number of rotatable bonds is 6. The Bertz CT molecular complexity index is 582. The third-order valence-corrected chi connectivity index (χ3v) is 5.16. The molecule has 1 aliphatic heterocycles. The van der Waals surface area contributed by atoms with Gasteiger partial charge < -0.3 is 15.0 Å². The number of pyridine rings is 1. The first-order valence-electron chi connectivity index (χ1n) is 8.75. The van der Waals surface area contributed by atoms with Crippen molar-refractivity contribution in [1.82, 2.24) is 15.2 Å². The molecule has 1 atom stereocenters. The molecule has 2 aliphatic rings. The summed E-state index contributed by atoms with van der Waals surface area (Å²) in [4.78, 5) is 19.4. The van der Waals surface area contributed by atoms with E-state index in [0.29, 0.717) is 31.1 Å². The Morgan fingerprint density at radius 1 is 1.43 bits per heavy atom. The first kappa shape index (κ1) is 16.2. The summed E-state index contributed by atoms with van der Waals surface area (Å²) in [7, 11) is 1.65. The summed E-state index contributed by atoms with van der Waals surface area (Å²) in [6.07, 6.45) is 5.77. The normalized spacial score (nSPS) is 19.3. The maximum atomic E-state index is 12.8. The largest absolute Gasteiger partial charge is 0.481 e. The second kappa shape index (κ2) is 6.87. The van der Waals surface area contributed by atoms with Crippen molar-refractivity contribution in [2.24, 2.45) is 0 Å². The maximum Gasteiger partial charge on any atom is 0.256 e. The first-order valence-corrected chi connectivity index (χ1v) is 8.75. The Morgan fingerprint density at radius 2 is 2.17 bits per heavy atom. The van der Waals surface area contributed by atoms with Crippen LogP contribution in [-0.2, 0) is 13.1 Å². The van der Waals surface area contributed by atoms with Gasteiger partial charge in [0.1, 0.15) is 0 Å². The molecule has 1 fully saturated rings. The summed E-state index contributed by atoms with van der Waals surface area (Å²) in [5, 5.41) is 3.45. The third-order valence-electron chi connectivity index (χ3n) is 5.16. The summed E-state index contributed by atoms with van der Waals surface area (Å²) in [6, 6.07) is 2.80. The number of nitrogens with zero attached hydrogens (tertiary/aromatic N) is 2. The minimum atomic E-state index is 0.145. The highest BCUT2D eigenvalue weighted by molar-refractivity contribution is 5.98. The molecule has 1 unspecified atom stereocenters. The molecule has 1 aromatic heterocycles. The van der Waals surface area contributed by atoms with Crippen LogP contribution in [0.15, 0.2) is 6.07 Å². The molecule has 0 saturated heterocycles. The van der Waals surface area contributed by atoms with Gasteiger partial charge in [-0.2, -0.15) is 0 Å². The van der Waals surface area contributed by atoms with Gasteiger partial charge in [0.2, 0.25) is 5.88 Å². The number of fused-ring (bicyclic) bond motifs is 1. The van der Waals surface area contributed by atoms with Crippen molar-refractivity contribution in [3.63, 3.8) is 0 Å². The molecule has 0 bridgehead atoms. The van der Waals surface area contributed by atoms with Crippen LogP contribution in [0.3, 0.4) is 0 Å². The first-order chi connectivity index (χ1) is 11.1. The topological polar surface area (TPSA) is 54.5 Å². The van der Waals surface area contributed by atoms with Crippen molar-refractivity contribution in [3.8, 4) is 5.88 Å². The second-order valence-electron chi connectivity index (χ2n) is 6.71. The lowest BCUT2D eigenvalue weighted by molar-refractivity contribution is 0.0706. The van der Waals surface area contributed by atoms with E-state index in [4.69, 9.17) is 4.74 Å². The quantitative estimate of drug-likeness (QED) is 0.876. The molecular formula is C18H27N3O2. The van der Waals surface area contributed by atoms with E-state index in [1.165, 1.54) is 12.8 Å². The highest BCUT2D eigenvalue weighted by atomic mass is 16.5. The van der Waals surface area contributed by atoms with Crippen LogP contribution in [0.5, 0.6) is 5.88 Å². The Labute approximate surface area is 138 Å². The van der Waals surface area contributed by atoms with Crippen molar-refractivity contribution < 1.29 is 9.53 Å². The average Bonchev–Trinajstić information content (AvgIpc) is 3.20. The van der Waals surface area contributed by atoms with E-state index in [0.717, 1.165) is 36.1 Å². The van der Waals surface area contributed by atoms with Crippen molar-refractivity contribution in [3.05, 3.63) is 22.9 Å². The molecule has 1 amide bonds. The zero-order valence-corrected chi connectivity index (χ0v) is 14.4. The molecular weight excluding hydrogens is 290 g/mol. The SMILES string of the molecule is CCC(C)NCc1cc2c(nc1OC)CN(C1CCCC1)C2=O. The molecule has 0 radical (unpaired) electrons. The van der Waals surface area contributed by atoms with Gasteiger partial charge in [-0.3, -0.25) is 4.79 Å². The minimum Gasteiger partial charge on any atom is -0.481 e. The number of ether oxygens (including phenoxy) is 1. The minimum absolute atomic E-state index is 0.145. The molecule has 126 valence electrons. The highest BCUT2D eigenvalue weighted by Crippen LogP contribution is 2.33. The van der Waals surface area contributed by atoms with Gasteiger partial charge in [0.15, 0.2) is 0 Å². The van der Waals surface area contributed by atoms with Crippen LogP contribution in [-0.4, -0.2) is 35.0 Å². The van der Waals surface area contributed by atoms with Gasteiger partial charge in [-0.25, -0.2) is 4.98 Å². The Balaban J connectivity index is 1.82. The summed E-state index contributed by atoms with van der Waals surface area (Å²) in [5.41, 5.74) is 2.60. The highest BCUT2D eigenvalue weighted by Gasteiger charge is 2.35. The molecule has 1 N–H and O–H groups in total. The number of amides is 1. The Morgan fingerprint density at radius 3 is 2.83 bits per heavy atom. The summed E-state index contributed by atoms with van der Waals surface area (Å²) in [5.74, 6) is 0.785. The molecule has 1 aromatic rings. The summed E-state index contributed by atoms with van der Waals surface area (Å²) >= 11 is 0. The number of hydrogen-bond donors (Lipinski definition) is 1. The van der Waals surface area contributed by atoms with Crippen LogP contribution >= 0.6 is 0 Å². The molecule has 23 heavy (non-hydrogen) atoms. The van der Waals surface area contributed by atoms with Gasteiger partial charge in [-0.1, -0.05) is 19.8 Å². The standard InChI is InChI=1S/C18H27N3O2/c1-4-12(2)19-10-13-9-15-16(20-17(13)23-3)11-21(18(15)22)14-7-5-6-8-14/h9,12,14,19H,4-8,10-11H2,1-3H3. The van der Waals surface area contributed by atoms with Gasteiger partial charge in [0, 0.05) is 24.2 Å². The predicted octanol–water partition coefficient (Wildman–Crippen LogP) is 2.88. The van der Waals surface area contributed by atoms with E-state index >= 15 is 0 Å². The van der Waals surface area contributed by atoms with Gasteiger partial charge in [0.05, 0.1) is 24.9 Å². The monoisotopic (exact) mass is 317 g/mol. The fourth-order valence-corrected chi connectivity index (χ4v) is 3.51. The van der Waals surface area contributed by atoms with Gasteiger partial charge in [-0.15, -0.1) is 0 Å². The fourth-order valence-electron chi connectivity index (χ4n) is 3.51. The van der Waals surface area contributed by atoms with Gasteiger partial charge in [-0.05, 0) is 32.3 Å². The van der Waals surface area contributed by atoms with Crippen LogP contribution in [0.1, 0.15) is 67.6 Å². The smallest absolute Gasteiger partial charge is 0.256 e. The van der Waals surface area contributed by atoms with Gasteiger partial charge >= 0.3 is 0 Å². The summed E-state index contributed by atoms with van der Waals surface area (Å²) < 4.78 is 5.45. The van der Waals surface area contributed by atoms with Crippen LogP contribution < -0.4 is 10.1 Å². The molecule has 0 spiro atoms. The van der Waals surface area contributed by atoms with E-state index < -0.39 is 0 Å². The molecule has 0 aromatic carbocycles. The average molecular weight is 317 g/mol. The number of nitrogens with one attached hydrogen (secondary N) is 1. The van der Waals surface area contributed by atoms with E-state index in [2.05, 4.69) is 24.1 Å². The fraction of sp³-hybridized carbons (Fsp3) is 0.667. The van der Waals surface area contributed by atoms with Crippen LogP contribution in [0, 0.1) is 0 Å². The Hall–Kier alpha value is -1.62. The van der Waals surface area contributed by atoms with E-state index in [-0.39, 0.29) is 5.91 Å². The number of methoxy groups -OCH3 is 1. The number of carbonyl (C=O) groups is 1. The summed E-state index contributed by atoms with van der Waals surface area (Å²) in [6.45, 7) is 5.61. The molecule has 2 heterocycles. The number of hydrogen-bond acceptors (Lipinski definition) is 4. The van der Waals surface area contributed by atoms with Crippen molar-refractivity contribution in [2.45, 2.75) is 71.1 Å². The van der Waals surface area contributed by atoms with E-state index in [1.807, 2.05) is 11.0 Å². The van der Waals surface area contributed by atoms with Crippen molar-refractivity contribution in [1.29, 1.82) is 0 Å². The lowest BCUT2D eigenvalue weighted by atomic mass is 10.1. The molecule has 1 aliphatic carbocycles. The molecule has 5 nitrogen and oxygen atoms in total. The van der Waals surface area contributed by atoms with Crippen LogP contribution in [0.2, 0.25) is 0 Å². The number of aromatic nitrogens is 1. The third kappa shape index (κ3) is 3.20. The van der Waals surface area contributed by atoms with Crippen LogP contribution in [0.4, 0.5) is 0 Å². The number of carbonyl (C=O) groups excluding carboxylic acids is 1.